The molecule has 0 aliphatic carbocycles. The van der Waals surface area contributed by atoms with E-state index in [-0.39, 0.29) is 11.8 Å². The summed E-state index contributed by atoms with van der Waals surface area (Å²) in [5, 5.41) is 0. The SMILES string of the molecule is CCS(=O)(=O)c1ccc(N2CCCC2c2cccc(C)n2)cc1. The molecule has 1 aromatic carbocycles. The monoisotopic (exact) mass is 330 g/mol. The zero-order chi connectivity index (χ0) is 16.4. The van der Waals surface area contributed by atoms with Crippen LogP contribution >= 0.6 is 0 Å². The quantitative estimate of drug-likeness (QED) is 0.860. The van der Waals surface area contributed by atoms with Gasteiger partial charge in [0.05, 0.1) is 22.4 Å². The second-order valence-electron chi connectivity index (χ2n) is 5.95. The average molecular weight is 330 g/mol. The first-order valence-corrected chi connectivity index (χ1v) is 9.69. The third-order valence-electron chi connectivity index (χ3n) is 4.41. The first-order valence-electron chi connectivity index (χ1n) is 8.04. The molecule has 1 aromatic heterocycles. The van der Waals surface area contributed by atoms with Gasteiger partial charge < -0.3 is 4.90 Å². The highest BCUT2D eigenvalue weighted by molar-refractivity contribution is 7.91. The summed E-state index contributed by atoms with van der Waals surface area (Å²) < 4.78 is 23.9. The lowest BCUT2D eigenvalue weighted by molar-refractivity contribution is 0.597. The van der Waals surface area contributed by atoms with Crippen molar-refractivity contribution in [2.45, 2.75) is 37.6 Å². The number of anilines is 1. The van der Waals surface area contributed by atoms with Crippen LogP contribution in [0.15, 0.2) is 47.4 Å². The van der Waals surface area contributed by atoms with Gasteiger partial charge in [0.25, 0.3) is 0 Å². The van der Waals surface area contributed by atoms with Crippen molar-refractivity contribution in [1.29, 1.82) is 0 Å². The Bertz CT molecular complexity index is 785. The van der Waals surface area contributed by atoms with Gasteiger partial charge in [0, 0.05) is 17.9 Å². The normalized spacial score (nSPS) is 18.3. The van der Waals surface area contributed by atoms with Gasteiger partial charge in [-0.15, -0.1) is 0 Å². The van der Waals surface area contributed by atoms with Gasteiger partial charge in [0.15, 0.2) is 9.84 Å². The van der Waals surface area contributed by atoms with Gasteiger partial charge in [0.2, 0.25) is 0 Å². The summed E-state index contributed by atoms with van der Waals surface area (Å²) in [6, 6.07) is 13.7. The molecule has 0 spiro atoms. The second kappa shape index (κ2) is 6.32. The number of aromatic nitrogens is 1. The predicted octanol–water partition coefficient (Wildman–Crippen LogP) is 3.53. The smallest absolute Gasteiger partial charge is 0.178 e. The van der Waals surface area contributed by atoms with E-state index in [0.29, 0.717) is 4.90 Å². The molecule has 1 atom stereocenters. The van der Waals surface area contributed by atoms with Gasteiger partial charge in [0.1, 0.15) is 0 Å². The Morgan fingerprint density at radius 1 is 1.17 bits per heavy atom. The van der Waals surface area contributed by atoms with E-state index in [1.165, 1.54) is 0 Å². The van der Waals surface area contributed by atoms with Crippen LogP contribution in [-0.4, -0.2) is 25.7 Å². The summed E-state index contributed by atoms with van der Waals surface area (Å²) in [5.74, 6) is 0.131. The van der Waals surface area contributed by atoms with E-state index in [9.17, 15) is 8.42 Å². The number of pyridine rings is 1. The largest absolute Gasteiger partial charge is 0.363 e. The van der Waals surface area contributed by atoms with Gasteiger partial charge >= 0.3 is 0 Å². The van der Waals surface area contributed by atoms with Crippen LogP contribution in [0.25, 0.3) is 0 Å². The molecule has 1 aliphatic heterocycles. The van der Waals surface area contributed by atoms with E-state index in [1.807, 2.05) is 31.2 Å². The molecular weight excluding hydrogens is 308 g/mol. The van der Waals surface area contributed by atoms with E-state index in [2.05, 4.69) is 16.0 Å². The third-order valence-corrected chi connectivity index (χ3v) is 6.16. The number of hydrogen-bond donors (Lipinski definition) is 0. The number of sulfone groups is 1. The number of rotatable bonds is 4. The molecule has 1 unspecified atom stereocenters. The molecule has 3 rings (SSSR count). The van der Waals surface area contributed by atoms with Gasteiger partial charge in [-0.25, -0.2) is 8.42 Å². The van der Waals surface area contributed by atoms with Gasteiger partial charge in [-0.1, -0.05) is 13.0 Å². The molecule has 0 radical (unpaired) electrons. The number of nitrogens with zero attached hydrogens (tertiary/aromatic N) is 2. The highest BCUT2D eigenvalue weighted by atomic mass is 32.2. The first-order chi connectivity index (χ1) is 11.0. The van der Waals surface area contributed by atoms with E-state index in [4.69, 9.17) is 0 Å². The highest BCUT2D eigenvalue weighted by Gasteiger charge is 2.27. The lowest BCUT2D eigenvalue weighted by Gasteiger charge is -2.26. The van der Waals surface area contributed by atoms with Gasteiger partial charge in [-0.3, -0.25) is 4.98 Å². The lowest BCUT2D eigenvalue weighted by Crippen LogP contribution is -2.23. The molecule has 122 valence electrons. The van der Waals surface area contributed by atoms with Crippen molar-refractivity contribution in [3.8, 4) is 0 Å². The van der Waals surface area contributed by atoms with Crippen molar-refractivity contribution in [2.75, 3.05) is 17.2 Å². The summed E-state index contributed by atoms with van der Waals surface area (Å²) in [5.41, 5.74) is 3.18. The minimum Gasteiger partial charge on any atom is -0.363 e. The molecule has 1 fully saturated rings. The Labute approximate surface area is 138 Å². The molecule has 0 saturated carbocycles. The van der Waals surface area contributed by atoms with Crippen LogP contribution in [0.5, 0.6) is 0 Å². The molecule has 1 saturated heterocycles. The van der Waals surface area contributed by atoms with Gasteiger partial charge in [-0.2, -0.15) is 0 Å². The lowest BCUT2D eigenvalue weighted by atomic mass is 10.1. The first kappa shape index (κ1) is 16.0. The van der Waals surface area contributed by atoms with Crippen LogP contribution in [0.1, 0.15) is 37.2 Å². The Morgan fingerprint density at radius 3 is 2.57 bits per heavy atom. The molecule has 2 aromatic rings. The minimum atomic E-state index is -3.14. The van der Waals surface area contributed by atoms with Crippen molar-refractivity contribution >= 4 is 15.5 Å². The van der Waals surface area contributed by atoms with Crippen molar-refractivity contribution in [3.05, 3.63) is 53.9 Å². The molecule has 0 bridgehead atoms. The van der Waals surface area contributed by atoms with Crippen molar-refractivity contribution in [1.82, 2.24) is 4.98 Å². The summed E-state index contributed by atoms with van der Waals surface area (Å²) in [7, 11) is -3.14. The van der Waals surface area contributed by atoms with E-state index >= 15 is 0 Å². The van der Waals surface area contributed by atoms with Crippen LogP contribution in [0.4, 0.5) is 5.69 Å². The summed E-state index contributed by atoms with van der Waals surface area (Å²) in [6.07, 6.45) is 2.20. The zero-order valence-electron chi connectivity index (χ0n) is 13.6. The molecule has 4 nitrogen and oxygen atoms in total. The van der Waals surface area contributed by atoms with Crippen molar-refractivity contribution < 1.29 is 8.42 Å². The van der Waals surface area contributed by atoms with E-state index < -0.39 is 9.84 Å². The summed E-state index contributed by atoms with van der Waals surface area (Å²) in [4.78, 5) is 7.38. The Balaban J connectivity index is 1.88. The van der Waals surface area contributed by atoms with Crippen LogP contribution < -0.4 is 4.90 Å². The molecule has 2 heterocycles. The number of aryl methyl sites for hydroxylation is 1. The maximum absolute atomic E-state index is 11.9. The fraction of sp³-hybridized carbons (Fsp3) is 0.389. The molecular formula is C18H22N2O2S. The van der Waals surface area contributed by atoms with E-state index in [0.717, 1.165) is 36.5 Å². The fourth-order valence-corrected chi connectivity index (χ4v) is 4.03. The topological polar surface area (TPSA) is 50.3 Å². The number of benzene rings is 1. The molecule has 23 heavy (non-hydrogen) atoms. The van der Waals surface area contributed by atoms with Crippen LogP contribution in [0.2, 0.25) is 0 Å². The van der Waals surface area contributed by atoms with Crippen LogP contribution in [-0.2, 0) is 9.84 Å². The maximum atomic E-state index is 11.9. The second-order valence-corrected chi connectivity index (χ2v) is 8.23. The molecule has 0 N–H and O–H groups in total. The molecule has 0 amide bonds. The predicted molar refractivity (Wildman–Crippen MR) is 92.5 cm³/mol. The Morgan fingerprint density at radius 2 is 1.91 bits per heavy atom. The molecule has 1 aliphatic rings. The maximum Gasteiger partial charge on any atom is 0.178 e. The fourth-order valence-electron chi connectivity index (χ4n) is 3.14. The third kappa shape index (κ3) is 3.24. The highest BCUT2D eigenvalue weighted by Crippen LogP contribution is 2.35. The summed E-state index contributed by atoms with van der Waals surface area (Å²) >= 11 is 0. The summed E-state index contributed by atoms with van der Waals surface area (Å²) in [6.45, 7) is 4.65. The van der Waals surface area contributed by atoms with Gasteiger partial charge in [-0.05, 0) is 56.2 Å². The van der Waals surface area contributed by atoms with Crippen molar-refractivity contribution in [3.63, 3.8) is 0 Å². The Hall–Kier alpha value is -1.88. The molecule has 5 heteroatoms. The van der Waals surface area contributed by atoms with Crippen LogP contribution in [0.3, 0.4) is 0 Å². The van der Waals surface area contributed by atoms with Crippen molar-refractivity contribution in [2.24, 2.45) is 0 Å². The standard InChI is InChI=1S/C18H22N2O2S/c1-3-23(21,22)16-11-9-15(10-12-16)20-13-5-8-18(20)17-7-4-6-14(2)19-17/h4,6-7,9-12,18H,3,5,8,13H2,1-2H3. The minimum absolute atomic E-state index is 0.131. The average Bonchev–Trinajstić information content (AvgIpc) is 3.04. The van der Waals surface area contributed by atoms with Crippen LogP contribution in [0, 0.1) is 6.92 Å². The zero-order valence-corrected chi connectivity index (χ0v) is 14.4. The number of hydrogen-bond acceptors (Lipinski definition) is 4. The Kier molecular flexibility index (Phi) is 4.39. The van der Waals surface area contributed by atoms with E-state index in [1.54, 1.807) is 19.1 Å².